The molecule has 0 radical (unpaired) electrons. The fraction of sp³-hybridized carbons (Fsp3) is 0.952. The Morgan fingerprint density at radius 2 is 1.69 bits per heavy atom. The third-order valence-electron chi connectivity index (χ3n) is 7.24. The number of piperidine rings is 1. The highest BCUT2D eigenvalue weighted by Gasteiger charge is 2.51. The first-order valence-corrected chi connectivity index (χ1v) is 10.8. The van der Waals surface area contributed by atoms with E-state index in [0.29, 0.717) is 19.8 Å². The molecule has 1 atom stereocenters. The molecule has 4 bridgehead atoms. The molecule has 1 heterocycles. The van der Waals surface area contributed by atoms with E-state index in [2.05, 4.69) is 4.90 Å². The number of hydrogen-bond acceptors (Lipinski definition) is 5. The Morgan fingerprint density at radius 1 is 1.12 bits per heavy atom. The highest BCUT2D eigenvalue weighted by atomic mass is 16.5. The molecule has 5 nitrogen and oxygen atoms in total. The molecule has 1 aliphatic heterocycles. The van der Waals surface area contributed by atoms with Gasteiger partial charge in [-0.2, -0.15) is 0 Å². The molecule has 26 heavy (non-hydrogen) atoms. The minimum Gasteiger partial charge on any atom is -0.466 e. The predicted molar refractivity (Wildman–Crippen MR) is 98.7 cm³/mol. The zero-order chi connectivity index (χ0) is 18.1. The molecular formula is C21H35NO4. The second kappa shape index (κ2) is 7.76. The molecule has 1 N–H and O–H groups in total. The van der Waals surface area contributed by atoms with Crippen molar-refractivity contribution < 1.29 is 19.4 Å². The van der Waals surface area contributed by atoms with Crippen molar-refractivity contribution in [1.82, 2.24) is 4.90 Å². The molecular weight excluding hydrogens is 330 g/mol. The summed E-state index contributed by atoms with van der Waals surface area (Å²) in [5, 5.41) is 10.5. The Bertz CT molecular complexity index is 465. The summed E-state index contributed by atoms with van der Waals surface area (Å²) in [5.41, 5.74) is 0.0760. The van der Waals surface area contributed by atoms with Crippen LogP contribution in [0.5, 0.6) is 0 Å². The van der Waals surface area contributed by atoms with Crippen LogP contribution in [0.1, 0.15) is 58.3 Å². The van der Waals surface area contributed by atoms with E-state index in [-0.39, 0.29) is 17.5 Å². The molecule has 4 aliphatic carbocycles. The van der Waals surface area contributed by atoms with Crippen molar-refractivity contribution in [3.8, 4) is 0 Å². The maximum absolute atomic E-state index is 11.8. The van der Waals surface area contributed by atoms with Gasteiger partial charge in [0.1, 0.15) is 0 Å². The minimum absolute atomic E-state index is 0.0339. The van der Waals surface area contributed by atoms with Crippen LogP contribution in [0.3, 0.4) is 0 Å². The smallest absolute Gasteiger partial charge is 0.309 e. The quantitative estimate of drug-likeness (QED) is 0.703. The first-order chi connectivity index (χ1) is 12.5. The van der Waals surface area contributed by atoms with Crippen LogP contribution < -0.4 is 0 Å². The molecule has 5 rings (SSSR count). The molecule has 0 amide bonds. The number of carbonyl (C=O) groups is 1. The fourth-order valence-electron chi connectivity index (χ4n) is 6.44. The topological polar surface area (TPSA) is 59.0 Å². The van der Waals surface area contributed by atoms with Crippen LogP contribution in [-0.4, -0.2) is 60.5 Å². The highest BCUT2D eigenvalue weighted by Crippen LogP contribution is 2.57. The zero-order valence-corrected chi connectivity index (χ0v) is 16.2. The summed E-state index contributed by atoms with van der Waals surface area (Å²) in [4.78, 5) is 14.1. The standard InChI is InChI=1S/C21H35NO4/c1-2-25-20(24)18-3-5-22(6-4-18)13-19(23)14-26-21-10-15-7-16(11-21)9-17(8-15)12-21/h15-19,23H,2-14H2,1H3/t15?,16?,17?,19-,21?/m1/s1. The van der Waals surface area contributed by atoms with Crippen LogP contribution in [-0.2, 0) is 14.3 Å². The van der Waals surface area contributed by atoms with Crippen LogP contribution in [0.15, 0.2) is 0 Å². The second-order valence-corrected chi connectivity index (χ2v) is 9.39. The van der Waals surface area contributed by atoms with Gasteiger partial charge in [0.25, 0.3) is 0 Å². The van der Waals surface area contributed by atoms with E-state index in [1.165, 1.54) is 38.5 Å². The van der Waals surface area contributed by atoms with E-state index in [9.17, 15) is 9.90 Å². The van der Waals surface area contributed by atoms with Crippen molar-refractivity contribution in [2.24, 2.45) is 23.7 Å². The van der Waals surface area contributed by atoms with E-state index in [0.717, 1.165) is 43.7 Å². The SMILES string of the molecule is CCOC(=O)C1CCN(C[C@@H](O)COC23CC4CC(CC(C4)C2)C3)CC1. The summed E-state index contributed by atoms with van der Waals surface area (Å²) in [6, 6.07) is 0. The number of β-amino-alcohol motifs (C(OH)–C–C–N with tert-alkyl or cyclic N) is 1. The van der Waals surface area contributed by atoms with E-state index in [1.54, 1.807) is 0 Å². The second-order valence-electron chi connectivity index (χ2n) is 9.39. The maximum Gasteiger partial charge on any atom is 0.309 e. The van der Waals surface area contributed by atoms with Gasteiger partial charge in [-0.05, 0) is 89.1 Å². The number of carbonyl (C=O) groups excluding carboxylic acids is 1. The Balaban J connectivity index is 1.19. The molecule has 5 aliphatic rings. The molecule has 0 unspecified atom stereocenters. The fourth-order valence-corrected chi connectivity index (χ4v) is 6.44. The first kappa shape index (κ1) is 18.7. The van der Waals surface area contributed by atoms with Crippen molar-refractivity contribution >= 4 is 5.97 Å². The van der Waals surface area contributed by atoms with E-state index >= 15 is 0 Å². The van der Waals surface area contributed by atoms with Crippen LogP contribution in [0.2, 0.25) is 0 Å². The Labute approximate surface area is 157 Å². The third kappa shape index (κ3) is 4.10. The number of nitrogens with zero attached hydrogens (tertiary/aromatic N) is 1. The minimum atomic E-state index is -0.429. The average molecular weight is 366 g/mol. The van der Waals surface area contributed by atoms with Gasteiger partial charge >= 0.3 is 5.97 Å². The molecule has 0 aromatic rings. The highest BCUT2D eigenvalue weighted by molar-refractivity contribution is 5.72. The van der Waals surface area contributed by atoms with E-state index in [1.807, 2.05) is 6.92 Å². The van der Waals surface area contributed by atoms with Crippen LogP contribution in [0, 0.1) is 23.7 Å². The lowest BCUT2D eigenvalue weighted by molar-refractivity contribution is -0.176. The first-order valence-electron chi connectivity index (χ1n) is 10.8. The lowest BCUT2D eigenvalue weighted by Gasteiger charge is -2.56. The third-order valence-corrected chi connectivity index (χ3v) is 7.24. The number of aliphatic hydroxyl groups is 1. The molecule has 0 aromatic carbocycles. The van der Waals surface area contributed by atoms with Gasteiger partial charge in [-0.1, -0.05) is 0 Å². The van der Waals surface area contributed by atoms with E-state index in [4.69, 9.17) is 9.47 Å². The average Bonchev–Trinajstić information content (AvgIpc) is 2.60. The van der Waals surface area contributed by atoms with Crippen LogP contribution >= 0.6 is 0 Å². The van der Waals surface area contributed by atoms with Gasteiger partial charge in [0.05, 0.1) is 30.8 Å². The zero-order valence-electron chi connectivity index (χ0n) is 16.2. The van der Waals surface area contributed by atoms with Gasteiger partial charge in [0, 0.05) is 6.54 Å². The molecule has 0 aromatic heterocycles. The summed E-state index contributed by atoms with van der Waals surface area (Å²) in [5.74, 6) is 2.60. The summed E-state index contributed by atoms with van der Waals surface area (Å²) < 4.78 is 11.5. The lowest BCUT2D eigenvalue weighted by atomic mass is 9.54. The van der Waals surface area contributed by atoms with E-state index < -0.39 is 6.10 Å². The summed E-state index contributed by atoms with van der Waals surface area (Å²) in [6.07, 6.45) is 9.15. The number of esters is 1. The number of aliphatic hydroxyl groups excluding tert-OH is 1. The largest absolute Gasteiger partial charge is 0.466 e. The van der Waals surface area contributed by atoms with Gasteiger partial charge < -0.3 is 19.5 Å². The van der Waals surface area contributed by atoms with Crippen LogP contribution in [0.4, 0.5) is 0 Å². The van der Waals surface area contributed by atoms with Crippen molar-refractivity contribution in [3.05, 3.63) is 0 Å². The molecule has 4 saturated carbocycles. The number of likely N-dealkylation sites (tertiary alicyclic amines) is 1. The maximum atomic E-state index is 11.8. The van der Waals surface area contributed by atoms with Crippen molar-refractivity contribution in [2.75, 3.05) is 32.8 Å². The van der Waals surface area contributed by atoms with Gasteiger partial charge in [-0.25, -0.2) is 0 Å². The molecule has 148 valence electrons. The van der Waals surface area contributed by atoms with Gasteiger partial charge in [0.2, 0.25) is 0 Å². The van der Waals surface area contributed by atoms with Crippen molar-refractivity contribution in [1.29, 1.82) is 0 Å². The Kier molecular flexibility index (Phi) is 5.58. The van der Waals surface area contributed by atoms with Crippen molar-refractivity contribution in [3.63, 3.8) is 0 Å². The summed E-state index contributed by atoms with van der Waals surface area (Å²) in [6.45, 7) is 5.15. The van der Waals surface area contributed by atoms with Crippen LogP contribution in [0.25, 0.3) is 0 Å². The molecule has 5 heteroatoms. The number of rotatable bonds is 7. The normalized spacial score (nSPS) is 38.5. The van der Waals surface area contributed by atoms with Crippen molar-refractivity contribution in [2.45, 2.75) is 70.0 Å². The Morgan fingerprint density at radius 3 is 2.23 bits per heavy atom. The molecule has 1 saturated heterocycles. The summed E-state index contributed by atoms with van der Waals surface area (Å²) in [7, 11) is 0. The molecule has 0 spiro atoms. The predicted octanol–water partition coefficient (Wildman–Crippen LogP) is 2.61. The van der Waals surface area contributed by atoms with Gasteiger partial charge in [-0.3, -0.25) is 4.79 Å². The Hall–Kier alpha value is -0.650. The number of hydrogen-bond donors (Lipinski definition) is 1. The lowest BCUT2D eigenvalue weighted by Crippen LogP contribution is -2.53. The van der Waals surface area contributed by atoms with Gasteiger partial charge in [-0.15, -0.1) is 0 Å². The number of ether oxygens (including phenoxy) is 2. The van der Waals surface area contributed by atoms with Gasteiger partial charge in [0.15, 0.2) is 0 Å². The molecule has 5 fully saturated rings. The monoisotopic (exact) mass is 365 g/mol. The summed E-state index contributed by atoms with van der Waals surface area (Å²) >= 11 is 0.